The van der Waals surface area contributed by atoms with E-state index < -0.39 is 18.2 Å². The number of aliphatic hydroxyl groups is 1. The van der Waals surface area contributed by atoms with Crippen LogP contribution in [0.1, 0.15) is 39.0 Å². The monoisotopic (exact) mass is 232 g/mol. The maximum absolute atomic E-state index is 11.2. The van der Waals surface area contributed by atoms with Crippen LogP contribution >= 0.6 is 0 Å². The summed E-state index contributed by atoms with van der Waals surface area (Å²) < 4.78 is 0. The lowest BCUT2D eigenvalue weighted by atomic mass is 10.1. The van der Waals surface area contributed by atoms with Gasteiger partial charge in [0.15, 0.2) is 0 Å². The van der Waals surface area contributed by atoms with Crippen LogP contribution in [0.15, 0.2) is 0 Å². The van der Waals surface area contributed by atoms with Crippen molar-refractivity contribution in [3.05, 3.63) is 0 Å². The first-order chi connectivity index (χ1) is 7.47. The zero-order valence-electron chi connectivity index (χ0n) is 9.48. The Morgan fingerprint density at radius 2 is 2.00 bits per heavy atom. The number of unbranched alkanes of at least 4 members (excludes halogenated alkanes) is 1. The van der Waals surface area contributed by atoms with Crippen LogP contribution in [0.5, 0.6) is 0 Å². The van der Waals surface area contributed by atoms with Gasteiger partial charge in [-0.2, -0.15) is 0 Å². The van der Waals surface area contributed by atoms with Gasteiger partial charge in [0.25, 0.3) is 0 Å². The van der Waals surface area contributed by atoms with Gasteiger partial charge in [-0.25, -0.2) is 0 Å². The molecule has 0 aromatic rings. The Labute approximate surface area is 94.8 Å². The predicted molar refractivity (Wildman–Crippen MR) is 58.5 cm³/mol. The Morgan fingerprint density at radius 1 is 1.38 bits per heavy atom. The lowest BCUT2D eigenvalue weighted by Crippen LogP contribution is -2.37. The van der Waals surface area contributed by atoms with Crippen LogP contribution in [0.4, 0.5) is 0 Å². The number of nitrogens with two attached hydrogens (primary N) is 1. The van der Waals surface area contributed by atoms with Crippen molar-refractivity contribution in [2.45, 2.75) is 51.3 Å². The summed E-state index contributed by atoms with van der Waals surface area (Å²) in [5, 5.41) is 20.2. The van der Waals surface area contributed by atoms with Gasteiger partial charge in [-0.15, -0.1) is 0 Å². The maximum atomic E-state index is 11.2. The van der Waals surface area contributed by atoms with Crippen LogP contribution in [0.3, 0.4) is 0 Å². The second-order valence-electron chi connectivity index (χ2n) is 3.71. The molecule has 0 radical (unpaired) electrons. The van der Waals surface area contributed by atoms with Crippen LogP contribution in [0.2, 0.25) is 0 Å². The van der Waals surface area contributed by atoms with Crippen LogP contribution in [-0.2, 0) is 9.59 Å². The van der Waals surface area contributed by atoms with Crippen molar-refractivity contribution in [2.24, 2.45) is 5.73 Å². The minimum absolute atomic E-state index is 0.0106. The van der Waals surface area contributed by atoms with E-state index in [-0.39, 0.29) is 18.7 Å². The molecule has 1 amide bonds. The summed E-state index contributed by atoms with van der Waals surface area (Å²) in [4.78, 5) is 21.6. The number of carboxylic acids is 1. The van der Waals surface area contributed by atoms with Gasteiger partial charge in [-0.1, -0.05) is 13.3 Å². The third-order valence-electron chi connectivity index (χ3n) is 2.16. The van der Waals surface area contributed by atoms with Crippen molar-refractivity contribution >= 4 is 11.9 Å². The van der Waals surface area contributed by atoms with E-state index in [0.29, 0.717) is 6.42 Å². The van der Waals surface area contributed by atoms with Crippen molar-refractivity contribution in [2.75, 3.05) is 0 Å². The number of hydrogen-bond donors (Lipinski definition) is 4. The summed E-state index contributed by atoms with van der Waals surface area (Å²) in [6.45, 7) is 1.99. The zero-order valence-corrected chi connectivity index (χ0v) is 9.48. The maximum Gasteiger partial charge on any atom is 0.320 e. The Balaban J connectivity index is 3.69. The van der Waals surface area contributed by atoms with E-state index in [1.807, 2.05) is 6.92 Å². The Bertz CT molecular complexity index is 233. The molecule has 0 saturated heterocycles. The van der Waals surface area contributed by atoms with Gasteiger partial charge in [0.1, 0.15) is 12.3 Å². The van der Waals surface area contributed by atoms with Gasteiger partial charge >= 0.3 is 5.97 Å². The highest BCUT2D eigenvalue weighted by molar-refractivity contribution is 5.78. The van der Waals surface area contributed by atoms with Crippen LogP contribution in [0.25, 0.3) is 0 Å². The molecule has 0 aliphatic carbocycles. The van der Waals surface area contributed by atoms with Gasteiger partial charge in [0, 0.05) is 6.42 Å². The van der Waals surface area contributed by atoms with E-state index in [1.165, 1.54) is 0 Å². The van der Waals surface area contributed by atoms with Crippen molar-refractivity contribution in [1.82, 2.24) is 5.32 Å². The number of hydrogen-bond acceptors (Lipinski definition) is 4. The first-order valence-corrected chi connectivity index (χ1v) is 5.43. The van der Waals surface area contributed by atoms with Crippen LogP contribution in [-0.4, -0.2) is 34.4 Å². The first-order valence-electron chi connectivity index (χ1n) is 5.43. The van der Waals surface area contributed by atoms with E-state index in [4.69, 9.17) is 10.8 Å². The number of amides is 1. The molecule has 0 aliphatic heterocycles. The molecule has 0 bridgehead atoms. The zero-order chi connectivity index (χ0) is 12.6. The second-order valence-corrected chi connectivity index (χ2v) is 3.71. The highest BCUT2D eigenvalue weighted by Gasteiger charge is 2.14. The van der Waals surface area contributed by atoms with Crippen LogP contribution in [0, 0.1) is 0 Å². The molecule has 2 atom stereocenters. The fraction of sp³-hybridized carbons (Fsp3) is 0.800. The van der Waals surface area contributed by atoms with Crippen molar-refractivity contribution in [3.8, 4) is 0 Å². The van der Waals surface area contributed by atoms with E-state index in [9.17, 15) is 14.7 Å². The molecule has 0 aromatic heterocycles. The lowest BCUT2D eigenvalue weighted by molar-refractivity contribution is -0.138. The Kier molecular flexibility index (Phi) is 7.49. The molecule has 0 saturated carbocycles. The van der Waals surface area contributed by atoms with Gasteiger partial charge in [-0.05, 0) is 19.3 Å². The van der Waals surface area contributed by atoms with Gasteiger partial charge in [0.2, 0.25) is 5.91 Å². The smallest absolute Gasteiger partial charge is 0.320 e. The molecule has 2 unspecified atom stereocenters. The largest absolute Gasteiger partial charge is 0.480 e. The standard InChI is InChI=1S/C10H20N2O4/c1-2-3-4-8(13)12-9(14)6-5-7(11)10(15)16/h7-8,13H,2-6,11H2,1H3,(H,12,14)(H,15,16). The number of nitrogens with one attached hydrogen (secondary N) is 1. The fourth-order valence-corrected chi connectivity index (χ4v) is 1.14. The quantitative estimate of drug-likeness (QED) is 0.433. The molecule has 0 spiro atoms. The molecule has 94 valence electrons. The van der Waals surface area contributed by atoms with Gasteiger partial charge < -0.3 is 21.3 Å². The summed E-state index contributed by atoms with van der Waals surface area (Å²) in [5.74, 6) is -1.50. The van der Waals surface area contributed by atoms with E-state index in [0.717, 1.165) is 12.8 Å². The summed E-state index contributed by atoms with van der Waals surface area (Å²) in [6.07, 6.45) is 1.51. The predicted octanol–water partition coefficient (Wildman–Crippen LogP) is -0.197. The number of carbonyl (C=O) groups is 2. The molecule has 6 heteroatoms. The average molecular weight is 232 g/mol. The molecular weight excluding hydrogens is 212 g/mol. The van der Waals surface area contributed by atoms with Crippen LogP contribution < -0.4 is 11.1 Å². The van der Waals surface area contributed by atoms with Crippen molar-refractivity contribution in [1.29, 1.82) is 0 Å². The topological polar surface area (TPSA) is 113 Å². The minimum atomic E-state index is -1.13. The number of aliphatic carboxylic acids is 1. The summed E-state index contributed by atoms with van der Waals surface area (Å²) in [7, 11) is 0. The van der Waals surface area contributed by atoms with Crippen molar-refractivity contribution < 1.29 is 19.8 Å². The molecule has 0 aromatic carbocycles. The van der Waals surface area contributed by atoms with Gasteiger partial charge in [-0.3, -0.25) is 9.59 Å². The van der Waals surface area contributed by atoms with Crippen molar-refractivity contribution in [3.63, 3.8) is 0 Å². The third-order valence-corrected chi connectivity index (χ3v) is 2.16. The summed E-state index contributed by atoms with van der Waals surface area (Å²) >= 11 is 0. The lowest BCUT2D eigenvalue weighted by Gasteiger charge is -2.12. The molecule has 0 fully saturated rings. The second kappa shape index (κ2) is 8.06. The summed E-state index contributed by atoms with van der Waals surface area (Å²) in [6, 6.07) is -1.03. The third kappa shape index (κ3) is 7.19. The molecule has 0 rings (SSSR count). The van der Waals surface area contributed by atoms with E-state index in [1.54, 1.807) is 0 Å². The SMILES string of the molecule is CCCCC(O)NC(=O)CCC(N)C(=O)O. The summed E-state index contributed by atoms with van der Waals surface area (Å²) in [5.41, 5.74) is 5.23. The molecule has 6 nitrogen and oxygen atoms in total. The van der Waals surface area contributed by atoms with E-state index in [2.05, 4.69) is 5.32 Å². The van der Waals surface area contributed by atoms with Gasteiger partial charge in [0.05, 0.1) is 0 Å². The molecule has 0 aliphatic rings. The number of aliphatic hydroxyl groups excluding tert-OH is 1. The first kappa shape index (κ1) is 14.9. The normalized spacial score (nSPS) is 14.2. The van der Waals surface area contributed by atoms with E-state index >= 15 is 0 Å². The number of carbonyl (C=O) groups excluding carboxylic acids is 1. The minimum Gasteiger partial charge on any atom is -0.480 e. The Morgan fingerprint density at radius 3 is 2.50 bits per heavy atom. The Hall–Kier alpha value is -1.14. The molecule has 0 heterocycles. The average Bonchev–Trinajstić information content (AvgIpc) is 2.22. The molecule has 16 heavy (non-hydrogen) atoms. The molecular formula is C10H20N2O4. The number of carboxylic acid groups (broad SMARTS) is 1. The number of rotatable bonds is 8. The highest BCUT2D eigenvalue weighted by atomic mass is 16.4. The highest BCUT2D eigenvalue weighted by Crippen LogP contribution is 1.99. The fourth-order valence-electron chi connectivity index (χ4n) is 1.14. The molecule has 5 N–H and O–H groups in total.